The summed E-state index contributed by atoms with van der Waals surface area (Å²) in [7, 11) is 0. The monoisotopic (exact) mass is 444 g/mol. The average molecular weight is 445 g/mol. The lowest BCUT2D eigenvalue weighted by molar-refractivity contribution is -0.143. The number of aliphatic hydroxyl groups excluding tert-OH is 1. The number of rotatable bonds is 13. The number of carbonyl (C=O) groups is 4. The number of carboxylic acids is 1. The van der Waals surface area contributed by atoms with Gasteiger partial charge in [-0.05, 0) is 37.5 Å². The lowest BCUT2D eigenvalue weighted by Crippen LogP contribution is -2.60. The zero-order valence-electron chi connectivity index (χ0n) is 19.6. The van der Waals surface area contributed by atoms with Crippen LogP contribution in [-0.4, -0.2) is 64.2 Å². The molecule has 0 aromatic heterocycles. The van der Waals surface area contributed by atoms with Crippen molar-refractivity contribution >= 4 is 23.7 Å². The van der Waals surface area contributed by atoms with Gasteiger partial charge in [0.25, 0.3) is 0 Å². The summed E-state index contributed by atoms with van der Waals surface area (Å²) in [6.07, 6.45) is -0.595. The highest BCUT2D eigenvalue weighted by Gasteiger charge is 2.33. The van der Waals surface area contributed by atoms with E-state index in [-0.39, 0.29) is 24.2 Å². The molecule has 0 bridgehead atoms. The molecule has 0 aliphatic rings. The molecule has 0 aliphatic carbocycles. The lowest BCUT2D eigenvalue weighted by Gasteiger charge is -2.28. The molecule has 0 spiro atoms. The van der Waals surface area contributed by atoms with Gasteiger partial charge in [-0.15, -0.1) is 0 Å². The van der Waals surface area contributed by atoms with Gasteiger partial charge in [-0.25, -0.2) is 4.79 Å². The van der Waals surface area contributed by atoms with Crippen molar-refractivity contribution in [3.8, 4) is 0 Å². The van der Waals surface area contributed by atoms with Crippen LogP contribution in [0.1, 0.15) is 61.3 Å². The van der Waals surface area contributed by atoms with Gasteiger partial charge in [0, 0.05) is 0 Å². The number of aliphatic carboxylic acids is 1. The molecular weight excluding hydrogens is 404 g/mol. The van der Waals surface area contributed by atoms with E-state index in [1.54, 1.807) is 13.8 Å². The standard InChI is InChI=1S/C21H40N4O6/c1-10(2)8-14(22)18(27)25-17(13(7)26)20(29)24-16(12(5)6)19(28)23-15(21(30)31)9-11(3)4/h10-17,26H,8-9,22H2,1-7H3,(H,23,28)(H,24,29)(H,25,27)(H,30,31). The summed E-state index contributed by atoms with van der Waals surface area (Å²) in [5.41, 5.74) is 5.84. The number of amides is 3. The number of nitrogens with one attached hydrogen (secondary N) is 3. The third-order valence-corrected chi connectivity index (χ3v) is 4.69. The maximum absolute atomic E-state index is 12.8. The van der Waals surface area contributed by atoms with Gasteiger partial charge in [-0.3, -0.25) is 14.4 Å². The Morgan fingerprint density at radius 1 is 0.742 bits per heavy atom. The summed E-state index contributed by atoms with van der Waals surface area (Å²) in [6.45, 7) is 12.2. The van der Waals surface area contributed by atoms with Crippen LogP contribution in [0.4, 0.5) is 0 Å². The number of carbonyl (C=O) groups excluding carboxylic acids is 3. The largest absolute Gasteiger partial charge is 0.480 e. The SMILES string of the molecule is CC(C)CC(N)C(=O)NC(C(=O)NC(C(=O)NC(CC(C)C)C(=O)O)C(C)C)C(C)O. The van der Waals surface area contributed by atoms with Crippen LogP contribution in [0.3, 0.4) is 0 Å². The topological polar surface area (TPSA) is 171 Å². The highest BCUT2D eigenvalue weighted by molar-refractivity contribution is 5.94. The number of hydrogen-bond acceptors (Lipinski definition) is 6. The van der Waals surface area contributed by atoms with E-state index in [9.17, 15) is 29.4 Å². The zero-order valence-corrected chi connectivity index (χ0v) is 19.6. The fraction of sp³-hybridized carbons (Fsp3) is 0.810. The fourth-order valence-corrected chi connectivity index (χ4v) is 3.01. The molecule has 0 aromatic rings. The summed E-state index contributed by atoms with van der Waals surface area (Å²) in [6, 6.07) is -4.30. The van der Waals surface area contributed by atoms with Gasteiger partial charge >= 0.3 is 5.97 Å². The highest BCUT2D eigenvalue weighted by Crippen LogP contribution is 2.09. The van der Waals surface area contributed by atoms with Crippen molar-refractivity contribution in [1.82, 2.24) is 16.0 Å². The lowest BCUT2D eigenvalue weighted by atomic mass is 9.99. The predicted octanol–water partition coefficient (Wildman–Crippen LogP) is -0.0183. The van der Waals surface area contributed by atoms with E-state index in [0.29, 0.717) is 6.42 Å². The van der Waals surface area contributed by atoms with Gasteiger partial charge in [-0.1, -0.05) is 41.5 Å². The van der Waals surface area contributed by atoms with Crippen LogP contribution in [0.15, 0.2) is 0 Å². The number of nitrogens with two attached hydrogens (primary N) is 1. The molecule has 0 rings (SSSR count). The number of aliphatic hydroxyl groups is 1. The summed E-state index contributed by atoms with van der Waals surface area (Å²) >= 11 is 0. The summed E-state index contributed by atoms with van der Waals surface area (Å²) < 4.78 is 0. The van der Waals surface area contributed by atoms with Gasteiger partial charge in [0.1, 0.15) is 18.1 Å². The van der Waals surface area contributed by atoms with Crippen LogP contribution < -0.4 is 21.7 Å². The van der Waals surface area contributed by atoms with Crippen molar-refractivity contribution in [3.63, 3.8) is 0 Å². The van der Waals surface area contributed by atoms with E-state index >= 15 is 0 Å². The minimum atomic E-state index is -1.31. The van der Waals surface area contributed by atoms with E-state index in [0.717, 1.165) is 0 Å². The zero-order chi connectivity index (χ0) is 24.5. The van der Waals surface area contributed by atoms with E-state index in [4.69, 9.17) is 5.73 Å². The minimum absolute atomic E-state index is 0.0402. The fourth-order valence-electron chi connectivity index (χ4n) is 3.01. The number of hydrogen-bond donors (Lipinski definition) is 6. The molecule has 0 fully saturated rings. The first-order valence-electron chi connectivity index (χ1n) is 10.7. The Morgan fingerprint density at radius 3 is 1.58 bits per heavy atom. The molecule has 0 aromatic carbocycles. The molecule has 5 unspecified atom stereocenters. The Hall–Kier alpha value is -2.20. The first kappa shape index (κ1) is 28.8. The first-order chi connectivity index (χ1) is 14.2. The summed E-state index contributed by atoms with van der Waals surface area (Å²) in [4.78, 5) is 49.2. The maximum atomic E-state index is 12.8. The molecule has 0 saturated heterocycles. The van der Waals surface area contributed by atoms with Gasteiger partial charge in [0.05, 0.1) is 12.1 Å². The van der Waals surface area contributed by atoms with E-state index in [1.807, 2.05) is 27.7 Å². The van der Waals surface area contributed by atoms with Crippen LogP contribution in [0.2, 0.25) is 0 Å². The molecule has 0 aliphatic heterocycles. The molecule has 10 heteroatoms. The second-order valence-corrected chi connectivity index (χ2v) is 9.22. The molecule has 180 valence electrons. The van der Waals surface area contributed by atoms with Gasteiger partial charge in [-0.2, -0.15) is 0 Å². The average Bonchev–Trinajstić information content (AvgIpc) is 2.61. The first-order valence-corrected chi connectivity index (χ1v) is 10.7. The van der Waals surface area contributed by atoms with E-state index in [2.05, 4.69) is 16.0 Å². The Labute approximate surface area is 184 Å². The Bertz CT molecular complexity index is 621. The van der Waals surface area contributed by atoms with Crippen molar-refractivity contribution in [1.29, 1.82) is 0 Å². The van der Waals surface area contributed by atoms with Gasteiger partial charge in [0.2, 0.25) is 17.7 Å². The van der Waals surface area contributed by atoms with Crippen molar-refractivity contribution in [2.75, 3.05) is 0 Å². The highest BCUT2D eigenvalue weighted by atomic mass is 16.4. The number of carboxylic acid groups (broad SMARTS) is 1. The Kier molecular flexibility index (Phi) is 12.3. The Balaban J connectivity index is 5.34. The maximum Gasteiger partial charge on any atom is 0.326 e. The third kappa shape index (κ3) is 10.6. The molecule has 0 heterocycles. The van der Waals surface area contributed by atoms with Crippen LogP contribution in [0, 0.1) is 17.8 Å². The van der Waals surface area contributed by atoms with E-state index in [1.165, 1.54) is 6.92 Å². The molecular formula is C21H40N4O6. The van der Waals surface area contributed by atoms with Crippen molar-refractivity contribution in [2.45, 2.75) is 91.6 Å². The smallest absolute Gasteiger partial charge is 0.326 e. The summed E-state index contributed by atoms with van der Waals surface area (Å²) in [5, 5.41) is 26.8. The second-order valence-electron chi connectivity index (χ2n) is 9.22. The summed E-state index contributed by atoms with van der Waals surface area (Å²) in [5.74, 6) is -3.31. The van der Waals surface area contributed by atoms with E-state index < -0.39 is 54.0 Å². The quantitative estimate of drug-likeness (QED) is 0.232. The molecule has 7 N–H and O–H groups in total. The van der Waals surface area contributed by atoms with Crippen molar-refractivity contribution in [2.24, 2.45) is 23.5 Å². The van der Waals surface area contributed by atoms with Crippen LogP contribution >= 0.6 is 0 Å². The minimum Gasteiger partial charge on any atom is -0.480 e. The molecule has 5 atom stereocenters. The molecule has 31 heavy (non-hydrogen) atoms. The van der Waals surface area contributed by atoms with Crippen molar-refractivity contribution < 1.29 is 29.4 Å². The Morgan fingerprint density at radius 2 is 1.19 bits per heavy atom. The predicted molar refractivity (Wildman–Crippen MR) is 117 cm³/mol. The second kappa shape index (κ2) is 13.3. The molecule has 10 nitrogen and oxygen atoms in total. The normalized spacial score (nSPS) is 16.4. The molecule has 3 amide bonds. The van der Waals surface area contributed by atoms with Gasteiger partial charge < -0.3 is 31.9 Å². The molecule has 0 radical (unpaired) electrons. The van der Waals surface area contributed by atoms with Crippen molar-refractivity contribution in [3.05, 3.63) is 0 Å². The molecule has 0 saturated carbocycles. The van der Waals surface area contributed by atoms with Crippen LogP contribution in [-0.2, 0) is 19.2 Å². The third-order valence-electron chi connectivity index (χ3n) is 4.69. The van der Waals surface area contributed by atoms with Crippen LogP contribution in [0.25, 0.3) is 0 Å². The van der Waals surface area contributed by atoms with Gasteiger partial charge in [0.15, 0.2) is 0 Å². The van der Waals surface area contributed by atoms with Crippen LogP contribution in [0.5, 0.6) is 0 Å².